The molecule has 0 aromatic heterocycles. The molecule has 0 spiro atoms. The Morgan fingerprint density at radius 2 is 1.82 bits per heavy atom. The van der Waals surface area contributed by atoms with E-state index in [0.29, 0.717) is 6.42 Å². The number of ether oxygens (including phenoxy) is 1. The second kappa shape index (κ2) is 5.65. The molecule has 1 aliphatic carbocycles. The van der Waals surface area contributed by atoms with Crippen LogP contribution in [0.2, 0.25) is 0 Å². The van der Waals surface area contributed by atoms with E-state index in [9.17, 15) is 5.11 Å². The molecule has 1 aromatic carbocycles. The monoisotopic (exact) mass is 234 g/mol. The molecule has 17 heavy (non-hydrogen) atoms. The summed E-state index contributed by atoms with van der Waals surface area (Å²) >= 11 is 0. The Bertz CT molecular complexity index is 328. The van der Waals surface area contributed by atoms with Crippen LogP contribution in [0.4, 0.5) is 0 Å². The van der Waals surface area contributed by atoms with E-state index in [-0.39, 0.29) is 6.10 Å². The van der Waals surface area contributed by atoms with Gasteiger partial charge in [0.05, 0.1) is 11.7 Å². The van der Waals surface area contributed by atoms with Gasteiger partial charge in [0, 0.05) is 13.5 Å². The first-order valence-electron chi connectivity index (χ1n) is 6.54. The molecule has 1 aromatic rings. The molecule has 0 radical (unpaired) electrons. The highest BCUT2D eigenvalue weighted by Gasteiger charge is 2.32. The van der Waals surface area contributed by atoms with Crippen LogP contribution >= 0.6 is 0 Å². The fourth-order valence-corrected chi connectivity index (χ4v) is 2.76. The highest BCUT2D eigenvalue weighted by atomic mass is 16.5. The SMILES string of the molecule is COC(CC1(O)CCCCC1)c1ccccc1. The summed E-state index contributed by atoms with van der Waals surface area (Å²) < 4.78 is 5.54. The lowest BCUT2D eigenvalue weighted by Gasteiger charge is -2.34. The average molecular weight is 234 g/mol. The van der Waals surface area contributed by atoms with Crippen molar-refractivity contribution in [3.05, 3.63) is 35.9 Å². The van der Waals surface area contributed by atoms with Gasteiger partial charge in [-0.15, -0.1) is 0 Å². The van der Waals surface area contributed by atoms with Gasteiger partial charge >= 0.3 is 0 Å². The normalized spacial score (nSPS) is 21.1. The third kappa shape index (κ3) is 3.30. The van der Waals surface area contributed by atoms with Crippen molar-refractivity contribution in [1.29, 1.82) is 0 Å². The van der Waals surface area contributed by atoms with Gasteiger partial charge in [-0.05, 0) is 18.4 Å². The highest BCUT2D eigenvalue weighted by Crippen LogP contribution is 2.36. The minimum Gasteiger partial charge on any atom is -0.390 e. The zero-order valence-electron chi connectivity index (χ0n) is 10.6. The van der Waals surface area contributed by atoms with Crippen LogP contribution in [0.15, 0.2) is 30.3 Å². The largest absolute Gasteiger partial charge is 0.390 e. The van der Waals surface area contributed by atoms with Crippen LogP contribution in [0.5, 0.6) is 0 Å². The van der Waals surface area contributed by atoms with Crippen LogP contribution in [0.25, 0.3) is 0 Å². The molecule has 0 bridgehead atoms. The van der Waals surface area contributed by atoms with Crippen molar-refractivity contribution in [2.75, 3.05) is 7.11 Å². The molecule has 1 N–H and O–H groups in total. The van der Waals surface area contributed by atoms with E-state index in [2.05, 4.69) is 12.1 Å². The quantitative estimate of drug-likeness (QED) is 0.864. The van der Waals surface area contributed by atoms with E-state index in [1.54, 1.807) is 7.11 Å². The van der Waals surface area contributed by atoms with Gasteiger partial charge in [-0.25, -0.2) is 0 Å². The molecule has 1 saturated carbocycles. The van der Waals surface area contributed by atoms with Crippen molar-refractivity contribution in [1.82, 2.24) is 0 Å². The molecule has 0 aliphatic heterocycles. The summed E-state index contributed by atoms with van der Waals surface area (Å²) in [5, 5.41) is 10.6. The predicted octanol–water partition coefficient (Wildman–Crippen LogP) is 3.46. The smallest absolute Gasteiger partial charge is 0.0848 e. The number of methoxy groups -OCH3 is 1. The lowest BCUT2D eigenvalue weighted by atomic mass is 9.80. The second-order valence-corrected chi connectivity index (χ2v) is 5.12. The number of rotatable bonds is 4. The van der Waals surface area contributed by atoms with Crippen molar-refractivity contribution >= 4 is 0 Å². The van der Waals surface area contributed by atoms with Crippen LogP contribution in [0.3, 0.4) is 0 Å². The van der Waals surface area contributed by atoms with Crippen LogP contribution < -0.4 is 0 Å². The Morgan fingerprint density at radius 1 is 1.18 bits per heavy atom. The van der Waals surface area contributed by atoms with Crippen molar-refractivity contribution in [3.63, 3.8) is 0 Å². The van der Waals surface area contributed by atoms with Gasteiger partial charge in [0.25, 0.3) is 0 Å². The fraction of sp³-hybridized carbons (Fsp3) is 0.600. The minimum atomic E-state index is -0.519. The average Bonchev–Trinajstić information content (AvgIpc) is 2.38. The van der Waals surface area contributed by atoms with Gasteiger partial charge < -0.3 is 9.84 Å². The number of benzene rings is 1. The first-order chi connectivity index (χ1) is 8.23. The summed E-state index contributed by atoms with van der Waals surface area (Å²) in [6, 6.07) is 10.2. The molecule has 1 unspecified atom stereocenters. The lowest BCUT2D eigenvalue weighted by molar-refractivity contribution is -0.0491. The molecule has 2 nitrogen and oxygen atoms in total. The Kier molecular flexibility index (Phi) is 4.19. The summed E-state index contributed by atoms with van der Waals surface area (Å²) in [5.41, 5.74) is 0.642. The number of hydrogen-bond donors (Lipinski definition) is 1. The summed E-state index contributed by atoms with van der Waals surface area (Å²) in [4.78, 5) is 0. The molecule has 94 valence electrons. The maximum atomic E-state index is 10.6. The maximum Gasteiger partial charge on any atom is 0.0848 e. The van der Waals surface area contributed by atoms with Crippen molar-refractivity contribution in [2.24, 2.45) is 0 Å². The van der Waals surface area contributed by atoms with E-state index >= 15 is 0 Å². The molecule has 0 heterocycles. The summed E-state index contributed by atoms with van der Waals surface area (Å²) in [6.07, 6.45) is 6.10. The van der Waals surface area contributed by atoms with Gasteiger partial charge in [0.1, 0.15) is 0 Å². The summed E-state index contributed by atoms with van der Waals surface area (Å²) in [7, 11) is 1.73. The third-order valence-corrected chi connectivity index (χ3v) is 3.81. The summed E-state index contributed by atoms with van der Waals surface area (Å²) in [6.45, 7) is 0. The topological polar surface area (TPSA) is 29.5 Å². The van der Waals surface area contributed by atoms with E-state index < -0.39 is 5.60 Å². The van der Waals surface area contributed by atoms with Crippen LogP contribution in [0, 0.1) is 0 Å². The first-order valence-corrected chi connectivity index (χ1v) is 6.54. The standard InChI is InChI=1S/C15H22O2/c1-17-14(13-8-4-2-5-9-13)12-15(16)10-6-3-7-11-15/h2,4-5,8-9,14,16H,3,6-7,10-12H2,1H3. The zero-order chi connectivity index (χ0) is 12.1. The molecule has 1 fully saturated rings. The van der Waals surface area contributed by atoms with Gasteiger partial charge in [0.2, 0.25) is 0 Å². The third-order valence-electron chi connectivity index (χ3n) is 3.81. The van der Waals surface area contributed by atoms with Crippen molar-refractivity contribution < 1.29 is 9.84 Å². The van der Waals surface area contributed by atoms with E-state index in [1.807, 2.05) is 18.2 Å². The van der Waals surface area contributed by atoms with Gasteiger partial charge in [-0.2, -0.15) is 0 Å². The molecule has 0 amide bonds. The highest BCUT2D eigenvalue weighted by molar-refractivity contribution is 5.18. The second-order valence-electron chi connectivity index (χ2n) is 5.12. The molecular weight excluding hydrogens is 212 g/mol. The maximum absolute atomic E-state index is 10.6. The molecule has 1 aliphatic rings. The van der Waals surface area contributed by atoms with Crippen molar-refractivity contribution in [2.45, 2.75) is 50.2 Å². The molecule has 2 heteroatoms. The van der Waals surface area contributed by atoms with Crippen LogP contribution in [0.1, 0.15) is 50.2 Å². The van der Waals surface area contributed by atoms with Crippen LogP contribution in [-0.2, 0) is 4.74 Å². The van der Waals surface area contributed by atoms with Gasteiger partial charge in [-0.3, -0.25) is 0 Å². The van der Waals surface area contributed by atoms with E-state index in [0.717, 1.165) is 31.2 Å². The fourth-order valence-electron chi connectivity index (χ4n) is 2.76. The predicted molar refractivity (Wildman–Crippen MR) is 68.8 cm³/mol. The zero-order valence-corrected chi connectivity index (χ0v) is 10.6. The number of aliphatic hydroxyl groups is 1. The Morgan fingerprint density at radius 3 is 2.41 bits per heavy atom. The molecule has 1 atom stereocenters. The minimum absolute atomic E-state index is 0.0132. The Labute approximate surface area is 104 Å². The van der Waals surface area contributed by atoms with Gasteiger partial charge in [0.15, 0.2) is 0 Å². The Hall–Kier alpha value is -0.860. The molecule has 0 saturated heterocycles. The summed E-state index contributed by atoms with van der Waals surface area (Å²) in [5.74, 6) is 0. The Balaban J connectivity index is 2.04. The van der Waals surface area contributed by atoms with Gasteiger partial charge in [-0.1, -0.05) is 49.6 Å². The van der Waals surface area contributed by atoms with Crippen molar-refractivity contribution in [3.8, 4) is 0 Å². The van der Waals surface area contributed by atoms with E-state index in [4.69, 9.17) is 4.74 Å². The number of hydrogen-bond acceptors (Lipinski definition) is 2. The van der Waals surface area contributed by atoms with E-state index in [1.165, 1.54) is 6.42 Å². The van der Waals surface area contributed by atoms with Crippen LogP contribution in [-0.4, -0.2) is 17.8 Å². The molecule has 2 rings (SSSR count). The molecular formula is C15H22O2. The lowest BCUT2D eigenvalue weighted by Crippen LogP contribution is -2.33. The first kappa shape index (κ1) is 12.6.